The predicted octanol–water partition coefficient (Wildman–Crippen LogP) is 2.37. The van der Waals surface area contributed by atoms with Gasteiger partial charge in [-0.25, -0.2) is 0 Å². The van der Waals surface area contributed by atoms with E-state index in [1.807, 2.05) is 25.1 Å². The van der Waals surface area contributed by atoms with Crippen LogP contribution < -0.4 is 5.32 Å². The van der Waals surface area contributed by atoms with Crippen molar-refractivity contribution >= 4 is 17.5 Å². The average molecular weight is 262 g/mol. The summed E-state index contributed by atoms with van der Waals surface area (Å²) in [5.41, 5.74) is 2.25. The molecule has 2 aromatic rings. The Bertz CT molecular complexity index is 557. The van der Waals surface area contributed by atoms with Crippen LogP contribution in [0.3, 0.4) is 0 Å². The van der Waals surface area contributed by atoms with Gasteiger partial charge in [-0.15, -0.1) is 5.10 Å². The lowest BCUT2D eigenvalue weighted by Crippen LogP contribution is -2.23. The van der Waals surface area contributed by atoms with Crippen molar-refractivity contribution in [3.8, 4) is 0 Å². The van der Waals surface area contributed by atoms with Crippen molar-refractivity contribution in [2.24, 2.45) is 0 Å². The molecule has 5 heteroatoms. The van der Waals surface area contributed by atoms with E-state index in [1.54, 1.807) is 18.2 Å². The molecule has 0 spiro atoms. The molecule has 0 aliphatic heterocycles. The summed E-state index contributed by atoms with van der Waals surface area (Å²) in [5, 5.41) is 10.8. The van der Waals surface area contributed by atoms with E-state index in [4.69, 9.17) is 11.6 Å². The first-order valence-electron chi connectivity index (χ1n) is 5.49. The number of carbonyl (C=O) groups excluding carboxylic acids is 1. The third-order valence-electron chi connectivity index (χ3n) is 2.53. The zero-order chi connectivity index (χ0) is 13.0. The van der Waals surface area contributed by atoms with Crippen LogP contribution in [-0.4, -0.2) is 16.1 Å². The molecule has 0 radical (unpaired) electrons. The molecular formula is C13H12ClN3O. The number of hydrogen-bond acceptors (Lipinski definition) is 3. The molecule has 4 nitrogen and oxygen atoms in total. The van der Waals surface area contributed by atoms with Crippen LogP contribution in [0.4, 0.5) is 0 Å². The molecule has 0 saturated heterocycles. The molecule has 1 amide bonds. The molecule has 0 unspecified atom stereocenters. The highest BCUT2D eigenvalue weighted by Gasteiger charge is 2.06. The number of nitrogens with one attached hydrogen (secondary N) is 1. The number of aromatic nitrogens is 2. The van der Waals surface area contributed by atoms with Crippen LogP contribution in [0.5, 0.6) is 0 Å². The van der Waals surface area contributed by atoms with E-state index in [1.165, 1.54) is 0 Å². The number of benzene rings is 1. The fraction of sp³-hybridized carbons (Fsp3) is 0.154. The van der Waals surface area contributed by atoms with Gasteiger partial charge < -0.3 is 5.32 Å². The number of halogens is 1. The molecule has 0 fully saturated rings. The van der Waals surface area contributed by atoms with Crippen LogP contribution in [0.1, 0.15) is 21.6 Å². The number of aryl methyl sites for hydroxylation is 1. The van der Waals surface area contributed by atoms with Gasteiger partial charge in [-0.2, -0.15) is 5.10 Å². The van der Waals surface area contributed by atoms with Crippen molar-refractivity contribution in [3.63, 3.8) is 0 Å². The van der Waals surface area contributed by atoms with E-state index >= 15 is 0 Å². The third-order valence-corrected chi connectivity index (χ3v) is 2.71. The summed E-state index contributed by atoms with van der Waals surface area (Å²) in [6.07, 6.45) is 0. The first-order valence-corrected chi connectivity index (χ1v) is 5.86. The van der Waals surface area contributed by atoms with Gasteiger partial charge in [0.1, 0.15) is 0 Å². The Morgan fingerprint density at radius 3 is 2.72 bits per heavy atom. The van der Waals surface area contributed by atoms with E-state index in [9.17, 15) is 4.79 Å². The molecule has 0 bridgehead atoms. The van der Waals surface area contributed by atoms with Crippen LogP contribution in [-0.2, 0) is 6.54 Å². The molecule has 18 heavy (non-hydrogen) atoms. The normalized spacial score (nSPS) is 10.1. The quantitative estimate of drug-likeness (QED) is 0.923. The zero-order valence-corrected chi connectivity index (χ0v) is 10.6. The second kappa shape index (κ2) is 5.60. The Balaban J connectivity index is 2.04. The molecule has 0 aliphatic rings. The van der Waals surface area contributed by atoms with Crippen LogP contribution in [0.2, 0.25) is 5.15 Å². The van der Waals surface area contributed by atoms with Crippen molar-refractivity contribution in [3.05, 3.63) is 58.4 Å². The number of carbonyl (C=O) groups is 1. The fourth-order valence-corrected chi connectivity index (χ4v) is 1.68. The summed E-state index contributed by atoms with van der Waals surface area (Å²) in [6.45, 7) is 2.21. The van der Waals surface area contributed by atoms with Crippen LogP contribution in [0.25, 0.3) is 0 Å². The Morgan fingerprint density at radius 2 is 2.00 bits per heavy atom. The minimum absolute atomic E-state index is 0.122. The van der Waals surface area contributed by atoms with Gasteiger partial charge >= 0.3 is 0 Å². The molecule has 0 atom stereocenters. The van der Waals surface area contributed by atoms with Gasteiger partial charge in [0, 0.05) is 12.1 Å². The highest BCUT2D eigenvalue weighted by Crippen LogP contribution is 2.09. The largest absolute Gasteiger partial charge is 0.348 e. The van der Waals surface area contributed by atoms with Gasteiger partial charge in [0.2, 0.25) is 0 Å². The van der Waals surface area contributed by atoms with Gasteiger partial charge in [-0.05, 0) is 30.7 Å². The van der Waals surface area contributed by atoms with E-state index in [0.29, 0.717) is 17.3 Å². The first kappa shape index (κ1) is 12.5. The lowest BCUT2D eigenvalue weighted by Gasteiger charge is -2.07. The maximum atomic E-state index is 11.8. The summed E-state index contributed by atoms with van der Waals surface area (Å²) >= 11 is 5.76. The van der Waals surface area contributed by atoms with Crippen molar-refractivity contribution in [1.29, 1.82) is 0 Å². The van der Waals surface area contributed by atoms with Crippen molar-refractivity contribution in [2.45, 2.75) is 13.5 Å². The minimum atomic E-state index is -0.122. The smallest absolute Gasteiger partial charge is 0.251 e. The SMILES string of the molecule is Cc1nnc(Cl)cc1CNC(=O)c1ccccc1. The number of amides is 1. The zero-order valence-electron chi connectivity index (χ0n) is 9.85. The van der Waals surface area contributed by atoms with Crippen molar-refractivity contribution in [1.82, 2.24) is 15.5 Å². The number of rotatable bonds is 3. The number of hydrogen-bond donors (Lipinski definition) is 1. The van der Waals surface area contributed by atoms with E-state index in [0.717, 1.165) is 11.3 Å². The summed E-state index contributed by atoms with van der Waals surface area (Å²) in [5.74, 6) is -0.122. The molecule has 0 saturated carbocycles. The maximum Gasteiger partial charge on any atom is 0.251 e. The molecule has 1 aromatic carbocycles. The summed E-state index contributed by atoms with van der Waals surface area (Å²) in [4.78, 5) is 11.8. The van der Waals surface area contributed by atoms with Crippen LogP contribution >= 0.6 is 11.6 Å². The molecule has 92 valence electrons. The highest BCUT2D eigenvalue weighted by atomic mass is 35.5. The Hall–Kier alpha value is -1.94. The molecule has 1 heterocycles. The second-order valence-corrected chi connectivity index (χ2v) is 4.21. The Labute approximate surface area is 110 Å². The van der Waals surface area contributed by atoms with Gasteiger partial charge in [0.25, 0.3) is 5.91 Å². The fourth-order valence-electron chi connectivity index (χ4n) is 1.51. The monoisotopic (exact) mass is 261 g/mol. The number of nitrogens with zero attached hydrogens (tertiary/aromatic N) is 2. The maximum absolute atomic E-state index is 11.8. The summed E-state index contributed by atoms with van der Waals surface area (Å²) in [6, 6.07) is 10.7. The van der Waals surface area contributed by atoms with Gasteiger partial charge in [0.05, 0.1) is 5.69 Å². The summed E-state index contributed by atoms with van der Waals surface area (Å²) < 4.78 is 0. The lowest BCUT2D eigenvalue weighted by molar-refractivity contribution is 0.0951. The lowest BCUT2D eigenvalue weighted by atomic mass is 10.2. The van der Waals surface area contributed by atoms with Gasteiger partial charge in [-0.3, -0.25) is 4.79 Å². The van der Waals surface area contributed by atoms with Crippen molar-refractivity contribution < 1.29 is 4.79 Å². The highest BCUT2D eigenvalue weighted by molar-refractivity contribution is 6.29. The molecule has 1 N–H and O–H groups in total. The average Bonchev–Trinajstić information content (AvgIpc) is 2.40. The standard InChI is InChI=1S/C13H12ClN3O/c1-9-11(7-12(14)17-16-9)8-15-13(18)10-5-3-2-4-6-10/h2-7H,8H2,1H3,(H,15,18). The van der Waals surface area contributed by atoms with E-state index in [2.05, 4.69) is 15.5 Å². The molecular weight excluding hydrogens is 250 g/mol. The van der Waals surface area contributed by atoms with Crippen molar-refractivity contribution in [2.75, 3.05) is 0 Å². The predicted molar refractivity (Wildman–Crippen MR) is 69.4 cm³/mol. The Kier molecular flexibility index (Phi) is 3.89. The molecule has 0 aliphatic carbocycles. The molecule has 1 aromatic heterocycles. The van der Waals surface area contributed by atoms with E-state index in [-0.39, 0.29) is 5.91 Å². The molecule has 2 rings (SSSR count). The minimum Gasteiger partial charge on any atom is -0.348 e. The van der Waals surface area contributed by atoms with Crippen LogP contribution in [0, 0.1) is 6.92 Å². The topological polar surface area (TPSA) is 54.9 Å². The van der Waals surface area contributed by atoms with E-state index < -0.39 is 0 Å². The Morgan fingerprint density at radius 1 is 1.28 bits per heavy atom. The third kappa shape index (κ3) is 3.05. The second-order valence-electron chi connectivity index (χ2n) is 3.83. The summed E-state index contributed by atoms with van der Waals surface area (Å²) in [7, 11) is 0. The van der Waals surface area contributed by atoms with Crippen LogP contribution in [0.15, 0.2) is 36.4 Å². The van der Waals surface area contributed by atoms with Gasteiger partial charge in [-0.1, -0.05) is 29.8 Å². The van der Waals surface area contributed by atoms with Gasteiger partial charge in [0.15, 0.2) is 5.15 Å². The first-order chi connectivity index (χ1) is 8.66.